The van der Waals surface area contributed by atoms with Crippen molar-refractivity contribution in [2.75, 3.05) is 19.0 Å². The maximum absolute atomic E-state index is 5.63. The fraction of sp³-hybridized carbons (Fsp3) is 0.667. The van der Waals surface area contributed by atoms with Crippen LogP contribution in [0, 0.1) is 6.92 Å². The van der Waals surface area contributed by atoms with Crippen molar-refractivity contribution in [3.05, 3.63) is 11.9 Å². The van der Waals surface area contributed by atoms with E-state index in [0.29, 0.717) is 5.88 Å². The molecule has 1 heterocycles. The van der Waals surface area contributed by atoms with E-state index in [9.17, 15) is 0 Å². The van der Waals surface area contributed by atoms with Crippen LogP contribution in [0.2, 0.25) is 0 Å². The van der Waals surface area contributed by atoms with Gasteiger partial charge in [0.05, 0.1) is 12.2 Å². The first kappa shape index (κ1) is 12.7. The maximum Gasteiger partial charge on any atom is 0.221 e. The van der Waals surface area contributed by atoms with Gasteiger partial charge in [0, 0.05) is 7.05 Å². The summed E-state index contributed by atoms with van der Waals surface area (Å²) < 4.78 is 5.63. The Morgan fingerprint density at radius 3 is 2.75 bits per heavy atom. The minimum absolute atomic E-state index is 0.691. The summed E-state index contributed by atoms with van der Waals surface area (Å²) in [5.41, 5.74) is 0.973. The number of ether oxygens (including phenoxy) is 1. The van der Waals surface area contributed by atoms with E-state index in [1.54, 1.807) is 0 Å². The molecule has 0 aliphatic carbocycles. The molecule has 1 rings (SSSR count). The van der Waals surface area contributed by atoms with Crippen LogP contribution in [-0.4, -0.2) is 23.6 Å². The third-order valence-electron chi connectivity index (χ3n) is 2.51. The second-order valence-corrected chi connectivity index (χ2v) is 3.81. The van der Waals surface area contributed by atoms with Crippen LogP contribution in [0.1, 0.15) is 38.2 Å². The summed E-state index contributed by atoms with van der Waals surface area (Å²) in [6.45, 7) is 4.91. The van der Waals surface area contributed by atoms with Crippen molar-refractivity contribution in [3.8, 4) is 5.88 Å². The molecule has 0 aliphatic rings. The Bertz CT molecular complexity index is 315. The molecular weight excluding hydrogens is 202 g/mol. The van der Waals surface area contributed by atoms with Crippen molar-refractivity contribution in [1.29, 1.82) is 0 Å². The Kier molecular flexibility index (Phi) is 5.61. The third kappa shape index (κ3) is 3.68. The topological polar surface area (TPSA) is 47.0 Å². The molecule has 1 aromatic rings. The molecule has 0 atom stereocenters. The lowest BCUT2D eigenvalue weighted by molar-refractivity contribution is 0.291. The van der Waals surface area contributed by atoms with Crippen LogP contribution in [-0.2, 0) is 0 Å². The van der Waals surface area contributed by atoms with E-state index in [1.165, 1.54) is 25.6 Å². The number of unbranched alkanes of at least 4 members (excludes halogenated alkanes) is 3. The number of nitrogens with one attached hydrogen (secondary N) is 1. The van der Waals surface area contributed by atoms with Crippen molar-refractivity contribution < 1.29 is 4.74 Å². The smallest absolute Gasteiger partial charge is 0.221 e. The van der Waals surface area contributed by atoms with Gasteiger partial charge in [0.25, 0.3) is 0 Å². The molecule has 0 spiro atoms. The van der Waals surface area contributed by atoms with Gasteiger partial charge in [0.1, 0.15) is 12.1 Å². The highest BCUT2D eigenvalue weighted by Crippen LogP contribution is 2.19. The molecule has 0 aromatic carbocycles. The molecule has 1 N–H and O–H groups in total. The number of hydrogen-bond donors (Lipinski definition) is 1. The summed E-state index contributed by atoms with van der Waals surface area (Å²) in [7, 11) is 1.85. The van der Waals surface area contributed by atoms with Crippen molar-refractivity contribution in [3.63, 3.8) is 0 Å². The van der Waals surface area contributed by atoms with Gasteiger partial charge >= 0.3 is 0 Å². The maximum atomic E-state index is 5.63. The quantitative estimate of drug-likeness (QED) is 0.722. The molecule has 0 aliphatic heterocycles. The Labute approximate surface area is 97.5 Å². The monoisotopic (exact) mass is 223 g/mol. The van der Waals surface area contributed by atoms with E-state index in [1.807, 2.05) is 14.0 Å². The fourth-order valence-corrected chi connectivity index (χ4v) is 1.53. The lowest BCUT2D eigenvalue weighted by Gasteiger charge is -2.09. The van der Waals surface area contributed by atoms with Gasteiger partial charge in [-0.25, -0.2) is 9.97 Å². The number of anilines is 1. The molecule has 0 saturated heterocycles. The fourth-order valence-electron chi connectivity index (χ4n) is 1.53. The van der Waals surface area contributed by atoms with E-state index in [2.05, 4.69) is 22.2 Å². The Balaban J connectivity index is 2.41. The highest BCUT2D eigenvalue weighted by atomic mass is 16.5. The van der Waals surface area contributed by atoms with E-state index < -0.39 is 0 Å². The molecule has 90 valence electrons. The van der Waals surface area contributed by atoms with Crippen LogP contribution in [0.5, 0.6) is 5.88 Å². The zero-order valence-electron chi connectivity index (χ0n) is 10.4. The Hall–Kier alpha value is -1.32. The second-order valence-electron chi connectivity index (χ2n) is 3.81. The molecule has 0 radical (unpaired) electrons. The molecule has 0 fully saturated rings. The van der Waals surface area contributed by atoms with E-state index >= 15 is 0 Å². The first-order chi connectivity index (χ1) is 7.79. The summed E-state index contributed by atoms with van der Waals surface area (Å²) in [5.74, 6) is 1.52. The number of nitrogens with zero attached hydrogens (tertiary/aromatic N) is 2. The van der Waals surface area contributed by atoms with Crippen molar-refractivity contribution in [1.82, 2.24) is 9.97 Å². The molecule has 16 heavy (non-hydrogen) atoms. The molecule has 4 heteroatoms. The number of aromatic nitrogens is 2. The van der Waals surface area contributed by atoms with Gasteiger partial charge in [-0.15, -0.1) is 0 Å². The largest absolute Gasteiger partial charge is 0.477 e. The van der Waals surface area contributed by atoms with Crippen LogP contribution in [0.4, 0.5) is 5.82 Å². The SMILES string of the molecule is CCCCCCOc1ncnc(NC)c1C. The van der Waals surface area contributed by atoms with Crippen LogP contribution >= 0.6 is 0 Å². The van der Waals surface area contributed by atoms with Gasteiger partial charge in [-0.3, -0.25) is 0 Å². The number of rotatable bonds is 7. The van der Waals surface area contributed by atoms with E-state index in [4.69, 9.17) is 4.74 Å². The van der Waals surface area contributed by atoms with Crippen molar-refractivity contribution >= 4 is 5.82 Å². The Morgan fingerprint density at radius 1 is 1.25 bits per heavy atom. The Morgan fingerprint density at radius 2 is 2.06 bits per heavy atom. The van der Waals surface area contributed by atoms with Crippen molar-refractivity contribution in [2.45, 2.75) is 39.5 Å². The minimum atomic E-state index is 0.691. The molecule has 1 aromatic heterocycles. The predicted octanol–water partition coefficient (Wildman–Crippen LogP) is 2.79. The van der Waals surface area contributed by atoms with Crippen molar-refractivity contribution in [2.24, 2.45) is 0 Å². The summed E-state index contributed by atoms with van der Waals surface area (Å²) in [6.07, 6.45) is 6.36. The van der Waals surface area contributed by atoms with E-state index in [0.717, 1.165) is 24.4 Å². The normalized spacial score (nSPS) is 10.2. The van der Waals surface area contributed by atoms with Crippen LogP contribution in [0.15, 0.2) is 6.33 Å². The van der Waals surface area contributed by atoms with Crippen LogP contribution in [0.25, 0.3) is 0 Å². The minimum Gasteiger partial charge on any atom is -0.477 e. The predicted molar refractivity (Wildman–Crippen MR) is 66.0 cm³/mol. The highest BCUT2D eigenvalue weighted by Gasteiger charge is 2.05. The zero-order valence-corrected chi connectivity index (χ0v) is 10.4. The lowest BCUT2D eigenvalue weighted by atomic mass is 10.2. The van der Waals surface area contributed by atoms with Gasteiger partial charge in [0.2, 0.25) is 5.88 Å². The summed E-state index contributed by atoms with van der Waals surface area (Å²) in [5, 5.41) is 3.02. The highest BCUT2D eigenvalue weighted by molar-refractivity contribution is 5.46. The van der Waals surface area contributed by atoms with Gasteiger partial charge in [-0.1, -0.05) is 26.2 Å². The molecule has 4 nitrogen and oxygen atoms in total. The van der Waals surface area contributed by atoms with Gasteiger partial charge in [0.15, 0.2) is 0 Å². The molecular formula is C12H21N3O. The molecule has 0 bridgehead atoms. The molecule has 0 amide bonds. The lowest BCUT2D eigenvalue weighted by Crippen LogP contribution is -2.04. The number of hydrogen-bond acceptors (Lipinski definition) is 4. The average molecular weight is 223 g/mol. The summed E-state index contributed by atoms with van der Waals surface area (Å²) >= 11 is 0. The van der Waals surface area contributed by atoms with Crippen LogP contribution in [0.3, 0.4) is 0 Å². The van der Waals surface area contributed by atoms with Gasteiger partial charge < -0.3 is 10.1 Å². The van der Waals surface area contributed by atoms with Crippen LogP contribution < -0.4 is 10.1 Å². The first-order valence-corrected chi connectivity index (χ1v) is 5.91. The van der Waals surface area contributed by atoms with E-state index in [-0.39, 0.29) is 0 Å². The standard InChI is InChI=1S/C12H21N3O/c1-4-5-6-7-8-16-12-10(2)11(13-3)14-9-15-12/h9H,4-8H2,1-3H3,(H,13,14,15). The summed E-state index contributed by atoms with van der Waals surface area (Å²) in [6, 6.07) is 0. The van der Waals surface area contributed by atoms with Gasteiger partial charge in [-0.05, 0) is 13.3 Å². The zero-order chi connectivity index (χ0) is 11.8. The second kappa shape index (κ2) is 7.04. The third-order valence-corrected chi connectivity index (χ3v) is 2.51. The first-order valence-electron chi connectivity index (χ1n) is 5.91. The summed E-state index contributed by atoms with van der Waals surface area (Å²) in [4.78, 5) is 8.24. The molecule has 0 unspecified atom stereocenters. The molecule has 0 saturated carbocycles. The average Bonchev–Trinajstić information content (AvgIpc) is 2.31. The van der Waals surface area contributed by atoms with Gasteiger partial charge in [-0.2, -0.15) is 0 Å².